The van der Waals surface area contributed by atoms with Gasteiger partial charge in [-0.05, 0) is 56.2 Å². The normalized spacial score (nSPS) is 14.8. The molecule has 1 aromatic carbocycles. The topological polar surface area (TPSA) is 51.2 Å². The summed E-state index contributed by atoms with van der Waals surface area (Å²) in [6.45, 7) is 6.68. The van der Waals surface area contributed by atoms with Crippen LogP contribution in [-0.2, 0) is 24.1 Å². The molecule has 0 fully saturated rings. The molecule has 1 aromatic heterocycles. The third-order valence-electron chi connectivity index (χ3n) is 4.73. The van der Waals surface area contributed by atoms with Crippen molar-refractivity contribution in [3.05, 3.63) is 45.4 Å². The molecule has 4 nitrogen and oxygen atoms in total. The molecule has 0 radical (unpaired) electrons. The number of aryl methyl sites for hydroxylation is 2. The molecule has 1 aliphatic carbocycles. The van der Waals surface area contributed by atoms with Crippen molar-refractivity contribution in [2.75, 3.05) is 6.54 Å². The molecule has 1 unspecified atom stereocenters. The molecule has 1 heterocycles. The zero-order chi connectivity index (χ0) is 18.5. The number of benzene rings is 1. The maximum Gasteiger partial charge on any atom is 0.260 e. The van der Waals surface area contributed by atoms with Crippen molar-refractivity contribution in [2.45, 2.75) is 64.9 Å². The Labute approximate surface area is 160 Å². The molecule has 1 N–H and O–H groups in total. The van der Waals surface area contributed by atoms with E-state index in [1.165, 1.54) is 35.4 Å². The molecule has 0 bridgehead atoms. The quantitative estimate of drug-likeness (QED) is 0.789. The van der Waals surface area contributed by atoms with Crippen molar-refractivity contribution in [2.24, 2.45) is 0 Å². The number of hydrogen-bond acceptors (Lipinski definition) is 4. The van der Waals surface area contributed by atoms with Gasteiger partial charge in [0.05, 0.1) is 10.7 Å². The first-order valence-corrected chi connectivity index (χ1v) is 10.4. The number of thiazole rings is 1. The smallest absolute Gasteiger partial charge is 0.260 e. The van der Waals surface area contributed by atoms with Crippen molar-refractivity contribution >= 4 is 17.2 Å². The summed E-state index contributed by atoms with van der Waals surface area (Å²) in [5.41, 5.74) is 2.49. The van der Waals surface area contributed by atoms with Crippen LogP contribution in [0.3, 0.4) is 0 Å². The summed E-state index contributed by atoms with van der Waals surface area (Å²) in [6.07, 6.45) is 5.08. The van der Waals surface area contributed by atoms with Crippen LogP contribution in [0.25, 0.3) is 0 Å². The van der Waals surface area contributed by atoms with E-state index >= 15 is 0 Å². The molecule has 2 aromatic rings. The summed E-state index contributed by atoms with van der Waals surface area (Å²) in [4.78, 5) is 18.5. The number of carbonyl (C=O) groups is 1. The minimum Gasteiger partial charge on any atom is -0.481 e. The predicted molar refractivity (Wildman–Crippen MR) is 106 cm³/mol. The van der Waals surface area contributed by atoms with Gasteiger partial charge in [0.1, 0.15) is 5.75 Å². The minimum absolute atomic E-state index is 0.0822. The summed E-state index contributed by atoms with van der Waals surface area (Å²) >= 11 is 1.81. The van der Waals surface area contributed by atoms with E-state index < -0.39 is 6.10 Å². The average molecular weight is 373 g/mol. The summed E-state index contributed by atoms with van der Waals surface area (Å²) in [6, 6.07) is 7.96. The van der Waals surface area contributed by atoms with E-state index in [9.17, 15) is 4.79 Å². The number of nitrogens with zero attached hydrogens (tertiary/aromatic N) is 1. The third kappa shape index (κ3) is 4.85. The maximum absolute atomic E-state index is 12.3. The number of nitrogens with one attached hydrogen (secondary N) is 1. The van der Waals surface area contributed by atoms with Gasteiger partial charge in [0.15, 0.2) is 6.10 Å². The largest absolute Gasteiger partial charge is 0.481 e. The number of rotatable bonds is 7. The van der Waals surface area contributed by atoms with E-state index in [2.05, 4.69) is 25.2 Å². The van der Waals surface area contributed by atoms with Gasteiger partial charge in [0.25, 0.3) is 5.91 Å². The van der Waals surface area contributed by atoms with E-state index in [-0.39, 0.29) is 5.91 Å². The van der Waals surface area contributed by atoms with Gasteiger partial charge < -0.3 is 10.1 Å². The number of amides is 1. The van der Waals surface area contributed by atoms with Crippen LogP contribution in [0.5, 0.6) is 5.75 Å². The highest BCUT2D eigenvalue weighted by atomic mass is 32.1. The van der Waals surface area contributed by atoms with Crippen LogP contribution < -0.4 is 10.1 Å². The highest BCUT2D eigenvalue weighted by Crippen LogP contribution is 2.26. The van der Waals surface area contributed by atoms with E-state index in [1.807, 2.05) is 29.5 Å². The van der Waals surface area contributed by atoms with Crippen molar-refractivity contribution < 1.29 is 9.53 Å². The predicted octanol–water partition coefficient (Wildman–Crippen LogP) is 4.27. The van der Waals surface area contributed by atoms with Crippen LogP contribution in [0.2, 0.25) is 0 Å². The van der Waals surface area contributed by atoms with Gasteiger partial charge in [-0.15, -0.1) is 11.3 Å². The number of aromatic nitrogens is 1. The second-order valence-electron chi connectivity index (χ2n) is 7.21. The van der Waals surface area contributed by atoms with Crippen LogP contribution >= 0.6 is 11.3 Å². The Bertz CT molecular complexity index is 731. The first-order valence-electron chi connectivity index (χ1n) is 9.54. The van der Waals surface area contributed by atoms with Crippen LogP contribution in [0.4, 0.5) is 0 Å². The van der Waals surface area contributed by atoms with Crippen molar-refractivity contribution in [1.82, 2.24) is 10.3 Å². The van der Waals surface area contributed by atoms with Gasteiger partial charge in [0.2, 0.25) is 0 Å². The minimum atomic E-state index is -0.512. The maximum atomic E-state index is 12.3. The number of fused-ring (bicyclic) bond motifs is 1. The lowest BCUT2D eigenvalue weighted by atomic mass is 10.0. The van der Waals surface area contributed by atoms with Crippen molar-refractivity contribution in [3.8, 4) is 5.75 Å². The molecule has 0 aliphatic heterocycles. The Morgan fingerprint density at radius 3 is 2.85 bits per heavy atom. The molecule has 1 atom stereocenters. The van der Waals surface area contributed by atoms with Crippen molar-refractivity contribution in [3.63, 3.8) is 0 Å². The van der Waals surface area contributed by atoms with Gasteiger partial charge in [-0.25, -0.2) is 4.98 Å². The molecule has 140 valence electrons. The average Bonchev–Trinajstić information content (AvgIpc) is 3.04. The Hall–Kier alpha value is -1.88. The van der Waals surface area contributed by atoms with E-state index in [0.29, 0.717) is 12.5 Å². The van der Waals surface area contributed by atoms with E-state index in [1.54, 1.807) is 6.92 Å². The van der Waals surface area contributed by atoms with Crippen LogP contribution in [0, 0.1) is 0 Å². The fraction of sp³-hybridized carbons (Fsp3) is 0.524. The van der Waals surface area contributed by atoms with E-state index in [4.69, 9.17) is 9.72 Å². The van der Waals surface area contributed by atoms with Gasteiger partial charge >= 0.3 is 0 Å². The van der Waals surface area contributed by atoms with Crippen LogP contribution in [0.1, 0.15) is 60.7 Å². The molecule has 1 amide bonds. The highest BCUT2D eigenvalue weighted by molar-refractivity contribution is 7.11. The first kappa shape index (κ1) is 18.9. The molecular formula is C21H28N2O2S. The molecule has 3 rings (SSSR count). The Balaban J connectivity index is 1.47. The Morgan fingerprint density at radius 1 is 1.27 bits per heavy atom. The summed E-state index contributed by atoms with van der Waals surface area (Å²) < 4.78 is 5.81. The lowest BCUT2D eigenvalue weighted by molar-refractivity contribution is -0.127. The monoisotopic (exact) mass is 372 g/mol. The standard InChI is InChI=1S/C21H28N2O2S/c1-14(2)16-7-6-8-17(13-16)25-15(3)21(24)22-12-11-20-23-18-9-4-5-10-19(18)26-20/h6-8,13-15H,4-5,9-12H2,1-3H3,(H,22,24). The second kappa shape index (κ2) is 8.67. The molecule has 1 aliphatic rings. The summed E-state index contributed by atoms with van der Waals surface area (Å²) in [7, 11) is 0. The fourth-order valence-electron chi connectivity index (χ4n) is 3.15. The molecule has 0 saturated heterocycles. The molecule has 26 heavy (non-hydrogen) atoms. The number of carbonyl (C=O) groups excluding carboxylic acids is 1. The molecule has 5 heteroatoms. The SMILES string of the molecule is CC(Oc1cccc(C(C)C)c1)C(=O)NCCc1nc2c(s1)CCCC2. The van der Waals surface area contributed by atoms with Gasteiger partial charge in [-0.2, -0.15) is 0 Å². The summed E-state index contributed by atoms with van der Waals surface area (Å²) in [5.74, 6) is 1.10. The zero-order valence-electron chi connectivity index (χ0n) is 15.9. The zero-order valence-corrected chi connectivity index (χ0v) is 16.7. The lowest BCUT2D eigenvalue weighted by Gasteiger charge is -2.16. The second-order valence-corrected chi connectivity index (χ2v) is 8.38. The number of ether oxygens (including phenoxy) is 1. The molecular weight excluding hydrogens is 344 g/mol. The third-order valence-corrected chi connectivity index (χ3v) is 5.95. The molecule has 0 spiro atoms. The fourth-order valence-corrected chi connectivity index (χ4v) is 4.31. The van der Waals surface area contributed by atoms with Gasteiger partial charge in [-0.3, -0.25) is 4.79 Å². The van der Waals surface area contributed by atoms with Gasteiger partial charge in [-0.1, -0.05) is 26.0 Å². The molecule has 0 saturated carbocycles. The van der Waals surface area contributed by atoms with Crippen molar-refractivity contribution in [1.29, 1.82) is 0 Å². The van der Waals surface area contributed by atoms with Crippen LogP contribution in [0.15, 0.2) is 24.3 Å². The highest BCUT2D eigenvalue weighted by Gasteiger charge is 2.17. The summed E-state index contributed by atoms with van der Waals surface area (Å²) in [5, 5.41) is 4.11. The Kier molecular flexibility index (Phi) is 6.30. The first-order chi connectivity index (χ1) is 12.5. The van der Waals surface area contributed by atoms with Gasteiger partial charge in [0, 0.05) is 17.8 Å². The lowest BCUT2D eigenvalue weighted by Crippen LogP contribution is -2.37. The van der Waals surface area contributed by atoms with E-state index in [0.717, 1.165) is 23.6 Å². The Morgan fingerprint density at radius 2 is 2.08 bits per heavy atom. The number of hydrogen-bond donors (Lipinski definition) is 1. The van der Waals surface area contributed by atoms with Crippen LogP contribution in [-0.4, -0.2) is 23.5 Å².